The fourth-order valence-corrected chi connectivity index (χ4v) is 6.76. The number of benzene rings is 2. The van der Waals surface area contributed by atoms with Crippen LogP contribution in [0.25, 0.3) is 44.8 Å². The number of halogens is 4. The van der Waals surface area contributed by atoms with Crippen molar-refractivity contribution in [1.82, 2.24) is 24.8 Å². The van der Waals surface area contributed by atoms with Gasteiger partial charge in [-0.25, -0.2) is 22.9 Å². The van der Waals surface area contributed by atoms with Crippen molar-refractivity contribution in [3.63, 3.8) is 0 Å². The Bertz CT molecular complexity index is 2320. The maximum absolute atomic E-state index is 15.6. The van der Waals surface area contributed by atoms with E-state index >= 15 is 8.78 Å². The molecule has 0 bridgehead atoms. The molecule has 6 aromatic rings. The zero-order valence-electron chi connectivity index (χ0n) is 29.6. The Morgan fingerprint density at radius 2 is 1.42 bits per heavy atom. The number of carboxylic acid groups (broad SMARTS) is 1. The summed E-state index contributed by atoms with van der Waals surface area (Å²) in [5.74, 6) is -3.60. The van der Waals surface area contributed by atoms with Crippen molar-refractivity contribution >= 4 is 38.3 Å². The number of nitrogens with one attached hydrogen (secondary N) is 1. The molecule has 2 fully saturated rings. The number of piperazine rings is 1. The normalized spacial score (nSPS) is 16.5. The molecule has 15 heteroatoms. The number of nitrogen functional groups attached to an aromatic ring is 1. The first kappa shape index (κ1) is 39.4. The molecule has 0 amide bonds. The standard InChI is InChI=1S/C21H14FN3.C19H22F2N4O3.ClH.Cu/c22-17-9-7-15(8-10-17)16-13-20(18-5-1-3-11-23-18)25-21(14-16)19-6-2-4-12-24-19;1-8-5-24(6-9(2)23-8)17-13(20)15(22)12-16(14(17)21)25(10-3-4-10)7-11(18(12)26)19(27)28;;/h1-14H;7-10,23H,3-6,22H2,1-2H3,(H,27,28);1H;/q;;;+1/p-1/t;8-,9+;;. The van der Waals surface area contributed by atoms with Gasteiger partial charge in [-0.05, 0) is 86.3 Å². The van der Waals surface area contributed by atoms with Gasteiger partial charge >= 0.3 is 31.2 Å². The summed E-state index contributed by atoms with van der Waals surface area (Å²) in [5, 5.41) is 12.2. The van der Waals surface area contributed by atoms with Gasteiger partial charge in [-0.15, -0.1) is 0 Å². The van der Waals surface area contributed by atoms with Gasteiger partial charge in [0.2, 0.25) is 5.43 Å². The molecule has 1 saturated heterocycles. The number of aromatic nitrogens is 4. The number of carbonyl (C=O) groups is 1. The second-order valence-electron chi connectivity index (χ2n) is 13.4. The second-order valence-corrected chi connectivity index (χ2v) is 13.4. The quantitative estimate of drug-likeness (QED) is 0.114. The summed E-state index contributed by atoms with van der Waals surface area (Å²) in [7, 11) is 4.20. The van der Waals surface area contributed by atoms with Crippen molar-refractivity contribution in [3.05, 3.63) is 125 Å². The van der Waals surface area contributed by atoms with Crippen LogP contribution in [0.4, 0.5) is 24.5 Å². The molecule has 8 rings (SSSR count). The van der Waals surface area contributed by atoms with E-state index in [1.165, 1.54) is 16.7 Å². The number of rotatable bonds is 6. The topological polar surface area (TPSA) is 139 Å². The molecule has 1 saturated carbocycles. The molecule has 1 aliphatic carbocycles. The summed E-state index contributed by atoms with van der Waals surface area (Å²) in [6, 6.07) is 21.7. The van der Waals surface area contributed by atoms with E-state index in [0.29, 0.717) is 13.1 Å². The fourth-order valence-electron chi connectivity index (χ4n) is 6.76. The van der Waals surface area contributed by atoms with Crippen molar-refractivity contribution in [1.29, 1.82) is 0 Å². The van der Waals surface area contributed by atoms with Crippen LogP contribution in [0.2, 0.25) is 0 Å². The molecule has 10 nitrogen and oxygen atoms in total. The molecule has 5 heterocycles. The number of aromatic carboxylic acids is 1. The van der Waals surface area contributed by atoms with Crippen LogP contribution in [0.1, 0.15) is 43.1 Å². The molecule has 2 aliphatic rings. The van der Waals surface area contributed by atoms with Crippen LogP contribution in [0.15, 0.2) is 96.2 Å². The van der Waals surface area contributed by atoms with E-state index in [1.807, 2.05) is 62.4 Å². The minimum atomic E-state index is -1.45. The van der Waals surface area contributed by atoms with E-state index in [9.17, 15) is 19.1 Å². The average molecular weight is 819 g/mol. The molecule has 0 radical (unpaired) electrons. The molecule has 1 aliphatic heterocycles. The van der Waals surface area contributed by atoms with Gasteiger partial charge in [0.1, 0.15) is 17.1 Å². The average Bonchev–Trinajstić information content (AvgIpc) is 4.04. The third-order valence-corrected chi connectivity index (χ3v) is 9.27. The Morgan fingerprint density at radius 1 is 0.855 bits per heavy atom. The molecule has 0 spiro atoms. The van der Waals surface area contributed by atoms with E-state index in [-0.39, 0.29) is 35.1 Å². The number of anilines is 2. The molecule has 4 N–H and O–H groups in total. The third-order valence-electron chi connectivity index (χ3n) is 9.27. The summed E-state index contributed by atoms with van der Waals surface area (Å²) in [4.78, 5) is 39.2. The van der Waals surface area contributed by atoms with Gasteiger partial charge in [-0.1, -0.05) is 24.3 Å². The van der Waals surface area contributed by atoms with E-state index in [1.54, 1.807) is 29.4 Å². The molecule has 2 aromatic carbocycles. The summed E-state index contributed by atoms with van der Waals surface area (Å²) < 4.78 is 45.5. The van der Waals surface area contributed by atoms with E-state index in [4.69, 9.17) is 10.7 Å². The Hall–Kier alpha value is -5.27. The number of hydrogen-bond donors (Lipinski definition) is 3. The first-order chi connectivity index (χ1) is 26.5. The van der Waals surface area contributed by atoms with E-state index in [0.717, 1.165) is 52.9 Å². The van der Waals surface area contributed by atoms with Gasteiger partial charge in [0.25, 0.3) is 0 Å². The van der Waals surface area contributed by atoms with Crippen LogP contribution < -0.4 is 21.4 Å². The number of hydrogen-bond acceptors (Lipinski definition) is 8. The summed E-state index contributed by atoms with van der Waals surface area (Å²) in [5.41, 5.74) is 8.46. The minimum absolute atomic E-state index is 0.0134. The van der Waals surface area contributed by atoms with Gasteiger partial charge in [-0.2, -0.15) is 0 Å². The molecular formula is C40H36ClCuF3N7O3. The Balaban J connectivity index is 0.000000180. The first-order valence-corrected chi connectivity index (χ1v) is 18.6. The first-order valence-electron chi connectivity index (χ1n) is 17.3. The van der Waals surface area contributed by atoms with Gasteiger partial charge < -0.3 is 25.6 Å². The van der Waals surface area contributed by atoms with Crippen molar-refractivity contribution in [2.75, 3.05) is 23.7 Å². The number of nitrogens with two attached hydrogens (primary N) is 1. The molecule has 2 atom stereocenters. The van der Waals surface area contributed by atoms with E-state index < -0.39 is 39.7 Å². The van der Waals surface area contributed by atoms with Crippen molar-refractivity contribution in [3.8, 4) is 33.9 Å². The summed E-state index contributed by atoms with van der Waals surface area (Å²) in [6.07, 6.45) is 6.08. The zero-order chi connectivity index (χ0) is 39.4. The van der Waals surface area contributed by atoms with Gasteiger partial charge in [-0.3, -0.25) is 14.8 Å². The summed E-state index contributed by atoms with van der Waals surface area (Å²) >= 11 is 3.66. The molecular weight excluding hydrogens is 782 g/mol. The van der Waals surface area contributed by atoms with Crippen LogP contribution >= 0.6 is 10.1 Å². The fraction of sp³-hybridized carbons (Fsp3) is 0.225. The second kappa shape index (κ2) is 17.0. The Labute approximate surface area is 327 Å². The van der Waals surface area contributed by atoms with Crippen molar-refractivity contribution in [2.45, 2.75) is 44.8 Å². The van der Waals surface area contributed by atoms with Gasteiger partial charge in [0.15, 0.2) is 11.6 Å². The summed E-state index contributed by atoms with van der Waals surface area (Å²) in [6.45, 7) is 4.60. The van der Waals surface area contributed by atoms with Crippen molar-refractivity contribution < 1.29 is 38.2 Å². The number of fused-ring (bicyclic) bond motifs is 1. The number of nitrogens with zero attached hydrogens (tertiary/aromatic N) is 5. The maximum atomic E-state index is 15.6. The van der Waals surface area contributed by atoms with Crippen LogP contribution in [0.3, 0.4) is 0 Å². The van der Waals surface area contributed by atoms with Crippen LogP contribution in [0.5, 0.6) is 0 Å². The third kappa shape index (κ3) is 8.52. The SMILES string of the molecule is C[C@@H]1CN(c2c(F)c(N)c3c(=O)c(C(=O)O)cn(C4CC4)c3c2F)C[C@H](C)N1.Fc1ccc(-c2cc(-c3ccccn3)nc(-c3ccccn3)c2)cc1.[Cl][Cu]. The Kier molecular flexibility index (Phi) is 12.2. The molecule has 288 valence electrons. The van der Waals surface area contributed by atoms with Crippen LogP contribution in [-0.2, 0) is 15.1 Å². The van der Waals surface area contributed by atoms with Crippen LogP contribution in [-0.4, -0.2) is 55.8 Å². The number of carboxylic acids is 1. The van der Waals surface area contributed by atoms with E-state index in [2.05, 4.69) is 40.5 Å². The van der Waals surface area contributed by atoms with Crippen LogP contribution in [0, 0.1) is 17.5 Å². The van der Waals surface area contributed by atoms with Gasteiger partial charge in [0, 0.05) is 49.8 Å². The molecule has 55 heavy (non-hydrogen) atoms. The zero-order valence-corrected chi connectivity index (χ0v) is 31.3. The number of pyridine rings is 4. The molecule has 4 aromatic heterocycles. The molecule has 0 unspecified atom stereocenters. The monoisotopic (exact) mass is 817 g/mol. The Morgan fingerprint density at radius 3 is 1.91 bits per heavy atom. The predicted octanol–water partition coefficient (Wildman–Crippen LogP) is 7.78. The van der Waals surface area contributed by atoms with Crippen molar-refractivity contribution in [2.24, 2.45) is 0 Å². The predicted molar refractivity (Wildman–Crippen MR) is 204 cm³/mol. The van der Waals surface area contributed by atoms with Gasteiger partial charge in [0.05, 0.1) is 39.4 Å².